The van der Waals surface area contributed by atoms with E-state index >= 15 is 0 Å². The Morgan fingerprint density at radius 3 is 2.62 bits per heavy atom. The highest BCUT2D eigenvalue weighted by Gasteiger charge is 2.36. The number of methoxy groups -OCH3 is 1. The minimum atomic E-state index is -0.474. The molecule has 0 spiro atoms. The van der Waals surface area contributed by atoms with Crippen molar-refractivity contribution in [2.45, 2.75) is 12.5 Å². The number of ether oxygens (including phenoxy) is 1. The Morgan fingerprint density at radius 1 is 1.16 bits per heavy atom. The van der Waals surface area contributed by atoms with Crippen LogP contribution in [0.2, 0.25) is 0 Å². The van der Waals surface area contributed by atoms with Crippen LogP contribution in [0.1, 0.15) is 33.3 Å². The number of carbonyl (C=O) groups excluding carboxylic acids is 2. The SMILES string of the molecule is COc1ccccc1[C@H]1CC(c2ccccc2F)=NN1C(=O)CN(C)C(=O)c1cccs1. The lowest BCUT2D eigenvalue weighted by Crippen LogP contribution is -2.39. The summed E-state index contributed by atoms with van der Waals surface area (Å²) in [6.45, 7) is -0.156. The van der Waals surface area contributed by atoms with Gasteiger partial charge in [-0.15, -0.1) is 11.3 Å². The molecule has 0 saturated carbocycles. The third-order valence-electron chi connectivity index (χ3n) is 5.30. The van der Waals surface area contributed by atoms with Gasteiger partial charge in [-0.25, -0.2) is 9.40 Å². The molecule has 164 valence electrons. The number of hydrogen-bond acceptors (Lipinski definition) is 5. The smallest absolute Gasteiger partial charge is 0.264 e. The number of carbonyl (C=O) groups is 2. The topological polar surface area (TPSA) is 62.2 Å². The van der Waals surface area contributed by atoms with Crippen molar-refractivity contribution in [1.82, 2.24) is 9.91 Å². The van der Waals surface area contributed by atoms with Crippen molar-refractivity contribution in [1.29, 1.82) is 0 Å². The van der Waals surface area contributed by atoms with Crippen molar-refractivity contribution in [3.05, 3.63) is 87.9 Å². The number of nitrogens with zero attached hydrogens (tertiary/aromatic N) is 3. The van der Waals surface area contributed by atoms with Crippen molar-refractivity contribution in [2.75, 3.05) is 20.7 Å². The summed E-state index contributed by atoms with van der Waals surface area (Å²) in [7, 11) is 3.14. The number of likely N-dealkylation sites (N-methyl/N-ethyl adjacent to an activating group) is 1. The van der Waals surface area contributed by atoms with Gasteiger partial charge in [0.15, 0.2) is 0 Å². The molecule has 1 aliphatic rings. The summed E-state index contributed by atoms with van der Waals surface area (Å²) in [4.78, 5) is 27.8. The number of hydrazone groups is 1. The van der Waals surface area contributed by atoms with Gasteiger partial charge in [0.2, 0.25) is 0 Å². The highest BCUT2D eigenvalue weighted by Crippen LogP contribution is 2.37. The summed E-state index contributed by atoms with van der Waals surface area (Å²) < 4.78 is 19.9. The first kappa shape index (κ1) is 21.7. The molecule has 0 bridgehead atoms. The molecule has 0 N–H and O–H groups in total. The van der Waals surface area contributed by atoms with E-state index in [4.69, 9.17) is 4.74 Å². The second-order valence-corrected chi connectivity index (χ2v) is 8.31. The number of halogens is 1. The molecule has 1 aromatic heterocycles. The Bertz CT molecular complexity index is 1160. The van der Waals surface area contributed by atoms with Crippen molar-refractivity contribution in [3.63, 3.8) is 0 Å². The van der Waals surface area contributed by atoms with Gasteiger partial charge in [-0.1, -0.05) is 42.5 Å². The van der Waals surface area contributed by atoms with Crippen molar-refractivity contribution in [2.24, 2.45) is 5.10 Å². The van der Waals surface area contributed by atoms with E-state index in [-0.39, 0.29) is 18.4 Å². The van der Waals surface area contributed by atoms with Crippen LogP contribution in [0.15, 0.2) is 71.1 Å². The monoisotopic (exact) mass is 451 g/mol. The molecule has 3 aromatic rings. The van der Waals surface area contributed by atoms with Crippen LogP contribution >= 0.6 is 11.3 Å². The molecule has 6 nitrogen and oxygen atoms in total. The zero-order chi connectivity index (χ0) is 22.7. The maximum Gasteiger partial charge on any atom is 0.264 e. The van der Waals surface area contributed by atoms with Gasteiger partial charge < -0.3 is 9.64 Å². The van der Waals surface area contributed by atoms with Gasteiger partial charge in [0.1, 0.15) is 18.1 Å². The fourth-order valence-corrected chi connectivity index (χ4v) is 4.44. The summed E-state index contributed by atoms with van der Waals surface area (Å²) >= 11 is 1.32. The van der Waals surface area contributed by atoms with Gasteiger partial charge >= 0.3 is 0 Å². The van der Waals surface area contributed by atoms with Crippen LogP contribution in [0, 0.1) is 5.82 Å². The Kier molecular flexibility index (Phi) is 6.32. The van der Waals surface area contributed by atoms with Crippen LogP contribution in [0.25, 0.3) is 0 Å². The lowest BCUT2D eigenvalue weighted by atomic mass is 9.97. The molecule has 0 saturated heterocycles. The van der Waals surface area contributed by atoms with Gasteiger partial charge in [-0.05, 0) is 23.6 Å². The van der Waals surface area contributed by atoms with E-state index in [1.807, 2.05) is 29.6 Å². The molecule has 0 radical (unpaired) electrons. The van der Waals surface area contributed by atoms with Crippen LogP contribution < -0.4 is 4.74 Å². The van der Waals surface area contributed by atoms with Gasteiger partial charge in [-0.3, -0.25) is 9.59 Å². The molecule has 2 amide bonds. The second-order valence-electron chi connectivity index (χ2n) is 7.37. The van der Waals surface area contributed by atoms with E-state index in [0.29, 0.717) is 28.3 Å². The van der Waals surface area contributed by atoms with E-state index in [0.717, 1.165) is 5.56 Å². The number of benzene rings is 2. The third-order valence-corrected chi connectivity index (χ3v) is 6.16. The first-order chi connectivity index (χ1) is 15.5. The number of amides is 2. The highest BCUT2D eigenvalue weighted by atomic mass is 32.1. The first-order valence-corrected chi connectivity index (χ1v) is 10.9. The maximum absolute atomic E-state index is 14.5. The third kappa shape index (κ3) is 4.27. The Labute approximate surface area is 189 Å². The summed E-state index contributed by atoms with van der Waals surface area (Å²) in [6.07, 6.45) is 0.329. The molecule has 2 aromatic carbocycles. The van der Waals surface area contributed by atoms with E-state index in [1.165, 1.54) is 27.3 Å². The highest BCUT2D eigenvalue weighted by molar-refractivity contribution is 7.12. The summed E-state index contributed by atoms with van der Waals surface area (Å²) in [5.74, 6) is -0.382. The molecule has 0 aliphatic carbocycles. The summed E-state index contributed by atoms with van der Waals surface area (Å²) in [6, 6.07) is 16.8. The van der Waals surface area contributed by atoms with Crippen molar-refractivity contribution < 1.29 is 18.7 Å². The normalized spacial score (nSPS) is 15.4. The Hall–Kier alpha value is -3.52. The molecular formula is C24H22FN3O3S. The Morgan fingerprint density at radius 2 is 1.91 bits per heavy atom. The zero-order valence-corrected chi connectivity index (χ0v) is 18.5. The number of rotatable bonds is 6. The van der Waals surface area contributed by atoms with E-state index in [9.17, 15) is 14.0 Å². The molecule has 4 rings (SSSR count). The van der Waals surface area contributed by atoms with Crippen LogP contribution in [0.3, 0.4) is 0 Å². The molecule has 1 atom stereocenters. The molecule has 32 heavy (non-hydrogen) atoms. The average molecular weight is 452 g/mol. The van der Waals surface area contributed by atoms with Crippen molar-refractivity contribution >= 4 is 28.9 Å². The lowest BCUT2D eigenvalue weighted by molar-refractivity contribution is -0.133. The largest absolute Gasteiger partial charge is 0.496 e. The summed E-state index contributed by atoms with van der Waals surface area (Å²) in [5.41, 5.74) is 1.59. The van der Waals surface area contributed by atoms with Crippen LogP contribution in [0.5, 0.6) is 5.75 Å². The van der Waals surface area contributed by atoms with Gasteiger partial charge in [0, 0.05) is 24.6 Å². The van der Waals surface area contributed by atoms with Crippen LogP contribution in [-0.2, 0) is 4.79 Å². The van der Waals surface area contributed by atoms with E-state index in [2.05, 4.69) is 5.10 Å². The molecule has 0 unspecified atom stereocenters. The molecular weight excluding hydrogens is 429 g/mol. The molecule has 0 fully saturated rings. The number of thiophene rings is 1. The van der Waals surface area contributed by atoms with Crippen LogP contribution in [-0.4, -0.2) is 48.1 Å². The minimum absolute atomic E-state index is 0.156. The van der Waals surface area contributed by atoms with Gasteiger partial charge in [0.05, 0.1) is 23.7 Å². The average Bonchev–Trinajstić information content (AvgIpc) is 3.49. The van der Waals surface area contributed by atoms with Gasteiger partial charge in [-0.2, -0.15) is 5.10 Å². The fraction of sp³-hybridized carbons (Fsp3) is 0.208. The zero-order valence-electron chi connectivity index (χ0n) is 17.7. The molecule has 8 heteroatoms. The van der Waals surface area contributed by atoms with Crippen molar-refractivity contribution in [3.8, 4) is 5.75 Å². The molecule has 2 heterocycles. The molecule has 1 aliphatic heterocycles. The maximum atomic E-state index is 14.5. The van der Waals surface area contributed by atoms with Crippen LogP contribution in [0.4, 0.5) is 4.39 Å². The fourth-order valence-electron chi connectivity index (χ4n) is 3.72. The predicted molar refractivity (Wildman–Crippen MR) is 121 cm³/mol. The Balaban J connectivity index is 1.65. The predicted octanol–water partition coefficient (Wildman–Crippen LogP) is 4.35. The lowest BCUT2D eigenvalue weighted by Gasteiger charge is -2.25. The second kappa shape index (κ2) is 9.32. The number of para-hydroxylation sites is 1. The number of hydrogen-bond donors (Lipinski definition) is 0. The van der Waals surface area contributed by atoms with E-state index < -0.39 is 11.9 Å². The van der Waals surface area contributed by atoms with E-state index in [1.54, 1.807) is 44.5 Å². The quantitative estimate of drug-likeness (QED) is 0.560. The minimum Gasteiger partial charge on any atom is -0.496 e. The summed E-state index contributed by atoms with van der Waals surface area (Å²) in [5, 5.41) is 7.65. The first-order valence-electron chi connectivity index (χ1n) is 10.1. The van der Waals surface area contributed by atoms with Gasteiger partial charge in [0.25, 0.3) is 11.8 Å². The standard InChI is InChI=1S/C24H22FN3O3S/c1-27(24(30)22-12-7-13-32-22)15-23(29)28-20(17-9-4-6-11-21(17)31-2)14-19(26-28)16-8-3-5-10-18(16)25/h3-13,20H,14-15H2,1-2H3/t20-/m1/s1.